The topological polar surface area (TPSA) is 25.8 Å². The normalized spacial score (nSPS) is 10.3. The summed E-state index contributed by atoms with van der Waals surface area (Å²) in [5.74, 6) is 0. The lowest BCUT2D eigenvalue weighted by Crippen LogP contribution is -1.82. The van der Waals surface area contributed by atoms with E-state index < -0.39 is 0 Å². The molecule has 2 rings (SSSR count). The van der Waals surface area contributed by atoms with Crippen molar-refractivity contribution >= 4 is 35.0 Å². The molecule has 0 N–H and O–H groups in total. The van der Waals surface area contributed by atoms with Crippen molar-refractivity contribution in [2.45, 2.75) is 9.92 Å². The highest BCUT2D eigenvalue weighted by atomic mass is 35.5. The maximum atomic E-state index is 5.78. The van der Waals surface area contributed by atoms with E-state index in [1.807, 2.05) is 24.3 Å². The average molecular weight is 257 g/mol. The van der Waals surface area contributed by atoms with Crippen molar-refractivity contribution in [3.63, 3.8) is 0 Å². The minimum Gasteiger partial charge on any atom is -0.230 e. The summed E-state index contributed by atoms with van der Waals surface area (Å²) in [6.07, 6.45) is 1.45. The SMILES string of the molecule is Clc1ccc(Sc2cc(Cl)ncn2)cc1. The van der Waals surface area contributed by atoms with E-state index in [9.17, 15) is 0 Å². The molecule has 0 bridgehead atoms. The second-order valence-corrected chi connectivity index (χ2v) is 4.65. The van der Waals surface area contributed by atoms with Crippen LogP contribution in [0.1, 0.15) is 0 Å². The van der Waals surface area contributed by atoms with Crippen LogP contribution in [0.4, 0.5) is 0 Å². The molecule has 0 amide bonds. The third kappa shape index (κ3) is 3.09. The highest BCUT2D eigenvalue weighted by Crippen LogP contribution is 2.27. The number of rotatable bonds is 2. The zero-order chi connectivity index (χ0) is 10.7. The molecule has 15 heavy (non-hydrogen) atoms. The molecule has 2 aromatic rings. The third-order valence-corrected chi connectivity index (χ3v) is 3.04. The van der Waals surface area contributed by atoms with Crippen molar-refractivity contribution in [1.82, 2.24) is 9.97 Å². The van der Waals surface area contributed by atoms with Crippen molar-refractivity contribution in [3.8, 4) is 0 Å². The molecule has 0 saturated carbocycles. The number of hydrogen-bond donors (Lipinski definition) is 0. The van der Waals surface area contributed by atoms with Gasteiger partial charge >= 0.3 is 0 Å². The van der Waals surface area contributed by atoms with Crippen LogP contribution in [0.2, 0.25) is 10.2 Å². The van der Waals surface area contributed by atoms with Crippen LogP contribution < -0.4 is 0 Å². The maximum absolute atomic E-state index is 5.78. The fraction of sp³-hybridized carbons (Fsp3) is 0. The van der Waals surface area contributed by atoms with Gasteiger partial charge in [-0.2, -0.15) is 0 Å². The molecule has 0 aliphatic rings. The second-order valence-electron chi connectivity index (χ2n) is 2.73. The van der Waals surface area contributed by atoms with Crippen molar-refractivity contribution in [3.05, 3.63) is 46.8 Å². The molecule has 1 aromatic carbocycles. The highest BCUT2D eigenvalue weighted by molar-refractivity contribution is 7.99. The highest BCUT2D eigenvalue weighted by Gasteiger charge is 1.99. The third-order valence-electron chi connectivity index (χ3n) is 1.64. The Kier molecular flexibility index (Phi) is 3.46. The molecular formula is C10H6Cl2N2S. The predicted molar refractivity (Wildman–Crippen MR) is 62.6 cm³/mol. The Morgan fingerprint density at radius 3 is 2.40 bits per heavy atom. The molecule has 76 valence electrons. The van der Waals surface area contributed by atoms with Gasteiger partial charge in [0.15, 0.2) is 0 Å². The van der Waals surface area contributed by atoms with Crippen LogP contribution in [-0.4, -0.2) is 9.97 Å². The zero-order valence-electron chi connectivity index (χ0n) is 7.52. The van der Waals surface area contributed by atoms with Crippen LogP contribution in [0.25, 0.3) is 0 Å². The van der Waals surface area contributed by atoms with Gasteiger partial charge in [0.25, 0.3) is 0 Å². The van der Waals surface area contributed by atoms with E-state index >= 15 is 0 Å². The Balaban J connectivity index is 2.18. The first-order chi connectivity index (χ1) is 7.24. The number of halogens is 2. The van der Waals surface area contributed by atoms with E-state index in [1.54, 1.807) is 6.07 Å². The standard InChI is InChI=1S/C10H6Cl2N2S/c11-7-1-3-8(4-2-7)15-10-5-9(12)13-6-14-10/h1-6H. The largest absolute Gasteiger partial charge is 0.230 e. The van der Waals surface area contributed by atoms with Crippen LogP contribution in [-0.2, 0) is 0 Å². The van der Waals surface area contributed by atoms with Gasteiger partial charge < -0.3 is 0 Å². The van der Waals surface area contributed by atoms with E-state index in [4.69, 9.17) is 23.2 Å². The Labute approximate surface area is 102 Å². The lowest BCUT2D eigenvalue weighted by atomic mass is 10.4. The molecular weight excluding hydrogens is 251 g/mol. The van der Waals surface area contributed by atoms with E-state index in [1.165, 1.54) is 18.1 Å². The summed E-state index contributed by atoms with van der Waals surface area (Å²) in [5, 5.41) is 1.99. The zero-order valence-corrected chi connectivity index (χ0v) is 9.85. The molecule has 1 aromatic heterocycles. The summed E-state index contributed by atoms with van der Waals surface area (Å²) in [7, 11) is 0. The van der Waals surface area contributed by atoms with Crippen molar-refractivity contribution in [2.75, 3.05) is 0 Å². The van der Waals surface area contributed by atoms with E-state index in [2.05, 4.69) is 9.97 Å². The van der Waals surface area contributed by atoms with Gasteiger partial charge in [0, 0.05) is 16.0 Å². The Morgan fingerprint density at radius 1 is 1.00 bits per heavy atom. The number of benzene rings is 1. The van der Waals surface area contributed by atoms with Crippen LogP contribution in [0.3, 0.4) is 0 Å². The van der Waals surface area contributed by atoms with Gasteiger partial charge in [0.2, 0.25) is 0 Å². The molecule has 0 aliphatic heterocycles. The summed E-state index contributed by atoms with van der Waals surface area (Å²) >= 11 is 13.1. The van der Waals surface area contributed by atoms with Crippen molar-refractivity contribution < 1.29 is 0 Å². The quantitative estimate of drug-likeness (QED) is 0.762. The minimum atomic E-state index is 0.446. The van der Waals surface area contributed by atoms with Gasteiger partial charge in [-0.25, -0.2) is 9.97 Å². The van der Waals surface area contributed by atoms with Crippen LogP contribution in [0.5, 0.6) is 0 Å². The monoisotopic (exact) mass is 256 g/mol. The predicted octanol–water partition coefficient (Wildman–Crippen LogP) is 3.93. The van der Waals surface area contributed by atoms with Crippen LogP contribution >= 0.6 is 35.0 Å². The van der Waals surface area contributed by atoms with Crippen LogP contribution in [0.15, 0.2) is 46.6 Å². The molecule has 0 aliphatic carbocycles. The summed E-state index contributed by atoms with van der Waals surface area (Å²) in [6.45, 7) is 0. The molecule has 0 spiro atoms. The van der Waals surface area contributed by atoms with Gasteiger partial charge in [0.1, 0.15) is 16.5 Å². The Morgan fingerprint density at radius 2 is 1.73 bits per heavy atom. The second kappa shape index (κ2) is 4.84. The molecule has 0 radical (unpaired) electrons. The first-order valence-corrected chi connectivity index (χ1v) is 5.72. The van der Waals surface area contributed by atoms with Gasteiger partial charge in [-0.05, 0) is 24.3 Å². The number of aromatic nitrogens is 2. The van der Waals surface area contributed by atoms with E-state index in [0.29, 0.717) is 5.15 Å². The van der Waals surface area contributed by atoms with Crippen molar-refractivity contribution in [2.24, 2.45) is 0 Å². The molecule has 5 heteroatoms. The van der Waals surface area contributed by atoms with Gasteiger partial charge in [0.05, 0.1) is 0 Å². The lowest BCUT2D eigenvalue weighted by molar-refractivity contribution is 1.05. The molecule has 2 nitrogen and oxygen atoms in total. The van der Waals surface area contributed by atoms with Crippen LogP contribution in [0, 0.1) is 0 Å². The molecule has 0 unspecified atom stereocenters. The summed E-state index contributed by atoms with van der Waals surface area (Å²) in [5.41, 5.74) is 0. The Bertz CT molecular complexity index is 459. The molecule has 1 heterocycles. The lowest BCUT2D eigenvalue weighted by Gasteiger charge is -2.00. The number of nitrogens with zero attached hydrogens (tertiary/aromatic N) is 2. The molecule has 0 saturated heterocycles. The maximum Gasteiger partial charge on any atom is 0.133 e. The Hall–Kier alpha value is -0.770. The average Bonchev–Trinajstić information content (AvgIpc) is 2.22. The summed E-state index contributed by atoms with van der Waals surface area (Å²) in [6, 6.07) is 9.27. The molecule has 0 atom stereocenters. The smallest absolute Gasteiger partial charge is 0.133 e. The first kappa shape index (κ1) is 10.7. The number of hydrogen-bond acceptors (Lipinski definition) is 3. The summed E-state index contributed by atoms with van der Waals surface area (Å²) < 4.78 is 0. The minimum absolute atomic E-state index is 0.446. The first-order valence-electron chi connectivity index (χ1n) is 4.15. The fourth-order valence-corrected chi connectivity index (χ4v) is 2.12. The molecule has 0 fully saturated rings. The van der Waals surface area contributed by atoms with Crippen molar-refractivity contribution in [1.29, 1.82) is 0 Å². The van der Waals surface area contributed by atoms with Gasteiger partial charge in [-0.1, -0.05) is 35.0 Å². The van der Waals surface area contributed by atoms with E-state index in [-0.39, 0.29) is 0 Å². The fourth-order valence-electron chi connectivity index (χ4n) is 0.997. The summed E-state index contributed by atoms with van der Waals surface area (Å²) in [4.78, 5) is 8.97. The van der Waals surface area contributed by atoms with Gasteiger partial charge in [-0.3, -0.25) is 0 Å². The van der Waals surface area contributed by atoms with Gasteiger partial charge in [-0.15, -0.1) is 0 Å². The van der Waals surface area contributed by atoms with E-state index in [0.717, 1.165) is 14.9 Å².